The highest BCUT2D eigenvalue weighted by molar-refractivity contribution is 5.66. The molecule has 0 bridgehead atoms. The Labute approximate surface area is 111 Å². The first-order valence-corrected chi connectivity index (χ1v) is 6.56. The number of carbonyl (C=O) groups excluding carboxylic acids is 2. The molecule has 108 valence electrons. The predicted molar refractivity (Wildman–Crippen MR) is 72.2 cm³/mol. The summed E-state index contributed by atoms with van der Waals surface area (Å²) in [5, 5.41) is 0. The Hall–Kier alpha value is -1.06. The summed E-state index contributed by atoms with van der Waals surface area (Å²) in [4.78, 5) is 20.4. The van der Waals surface area contributed by atoms with Crippen molar-refractivity contribution >= 4 is 11.9 Å². The zero-order valence-corrected chi connectivity index (χ0v) is 12.6. The van der Waals surface area contributed by atoms with E-state index in [9.17, 15) is 9.59 Å². The average molecular weight is 260 g/mol. The molecule has 0 heterocycles. The standard InChI is InChI=1S/2C7H14O2/c1-6(2)4-5-9-7(3)8;1-4-6(2)5-9-7(3)8/h2*6H,4-5H2,1-3H3. The van der Waals surface area contributed by atoms with Crippen molar-refractivity contribution < 1.29 is 19.1 Å². The third kappa shape index (κ3) is 20.4. The van der Waals surface area contributed by atoms with Gasteiger partial charge in [-0.05, 0) is 18.3 Å². The Morgan fingerprint density at radius 1 is 1.00 bits per heavy atom. The Morgan fingerprint density at radius 2 is 1.50 bits per heavy atom. The van der Waals surface area contributed by atoms with E-state index < -0.39 is 0 Å². The first-order chi connectivity index (χ1) is 8.29. The monoisotopic (exact) mass is 260 g/mol. The second-order valence-corrected chi connectivity index (χ2v) is 4.84. The molecular weight excluding hydrogens is 232 g/mol. The molecule has 0 aromatic carbocycles. The number of hydrogen-bond donors (Lipinski definition) is 0. The fourth-order valence-corrected chi connectivity index (χ4v) is 0.816. The van der Waals surface area contributed by atoms with Crippen molar-refractivity contribution in [1.29, 1.82) is 0 Å². The Bertz CT molecular complexity index is 224. The fourth-order valence-electron chi connectivity index (χ4n) is 0.816. The van der Waals surface area contributed by atoms with Crippen LogP contribution in [0.5, 0.6) is 0 Å². The van der Waals surface area contributed by atoms with Crippen molar-refractivity contribution in [2.45, 2.75) is 54.4 Å². The van der Waals surface area contributed by atoms with Gasteiger partial charge < -0.3 is 9.47 Å². The molecule has 0 aliphatic carbocycles. The van der Waals surface area contributed by atoms with Gasteiger partial charge in [-0.3, -0.25) is 9.59 Å². The SMILES string of the molecule is CC(=O)OCCC(C)C.CCC(C)COC(C)=O. The maximum atomic E-state index is 10.2. The van der Waals surface area contributed by atoms with Crippen LogP contribution in [0, 0.1) is 11.8 Å². The van der Waals surface area contributed by atoms with Gasteiger partial charge in [-0.15, -0.1) is 0 Å². The molecule has 18 heavy (non-hydrogen) atoms. The molecule has 1 unspecified atom stereocenters. The molecule has 0 saturated heterocycles. The van der Waals surface area contributed by atoms with Gasteiger partial charge in [0, 0.05) is 13.8 Å². The predicted octanol–water partition coefficient (Wildman–Crippen LogP) is 3.19. The maximum absolute atomic E-state index is 10.2. The molecule has 0 aliphatic rings. The van der Waals surface area contributed by atoms with E-state index in [-0.39, 0.29) is 11.9 Å². The van der Waals surface area contributed by atoms with E-state index in [0.717, 1.165) is 12.8 Å². The number of ether oxygens (including phenoxy) is 2. The molecule has 0 rings (SSSR count). The highest BCUT2D eigenvalue weighted by Gasteiger charge is 1.99. The van der Waals surface area contributed by atoms with E-state index in [4.69, 9.17) is 9.47 Å². The van der Waals surface area contributed by atoms with Crippen LogP contribution in [0.3, 0.4) is 0 Å². The first kappa shape index (κ1) is 19.3. The summed E-state index contributed by atoms with van der Waals surface area (Å²) in [5.41, 5.74) is 0. The lowest BCUT2D eigenvalue weighted by molar-refractivity contribution is -0.142. The number of carbonyl (C=O) groups is 2. The first-order valence-electron chi connectivity index (χ1n) is 6.56. The molecule has 0 fully saturated rings. The lowest BCUT2D eigenvalue weighted by Gasteiger charge is -2.06. The lowest BCUT2D eigenvalue weighted by atomic mass is 10.1. The van der Waals surface area contributed by atoms with Gasteiger partial charge in [0.15, 0.2) is 0 Å². The lowest BCUT2D eigenvalue weighted by Crippen LogP contribution is -2.07. The van der Waals surface area contributed by atoms with Crippen molar-refractivity contribution in [1.82, 2.24) is 0 Å². The Morgan fingerprint density at radius 3 is 1.83 bits per heavy atom. The van der Waals surface area contributed by atoms with E-state index in [2.05, 4.69) is 27.7 Å². The summed E-state index contributed by atoms with van der Waals surface area (Å²) in [6, 6.07) is 0. The van der Waals surface area contributed by atoms with Crippen molar-refractivity contribution in [2.75, 3.05) is 13.2 Å². The summed E-state index contributed by atoms with van der Waals surface area (Å²) in [6.45, 7) is 12.3. The van der Waals surface area contributed by atoms with E-state index in [1.807, 2.05) is 0 Å². The topological polar surface area (TPSA) is 52.6 Å². The van der Waals surface area contributed by atoms with Crippen LogP contribution in [0.4, 0.5) is 0 Å². The van der Waals surface area contributed by atoms with Gasteiger partial charge in [0.2, 0.25) is 0 Å². The van der Waals surface area contributed by atoms with Gasteiger partial charge in [0.05, 0.1) is 13.2 Å². The number of rotatable bonds is 6. The van der Waals surface area contributed by atoms with Gasteiger partial charge in [-0.25, -0.2) is 0 Å². The molecule has 4 heteroatoms. The summed E-state index contributed by atoms with van der Waals surface area (Å²) in [6.07, 6.45) is 2.02. The van der Waals surface area contributed by atoms with Crippen molar-refractivity contribution in [3.63, 3.8) is 0 Å². The second-order valence-electron chi connectivity index (χ2n) is 4.84. The highest BCUT2D eigenvalue weighted by atomic mass is 16.5. The van der Waals surface area contributed by atoms with Gasteiger partial charge in [0.25, 0.3) is 0 Å². The molecule has 1 atom stereocenters. The maximum Gasteiger partial charge on any atom is 0.302 e. The largest absolute Gasteiger partial charge is 0.466 e. The zero-order chi connectivity index (χ0) is 14.6. The minimum Gasteiger partial charge on any atom is -0.466 e. The number of hydrogen-bond acceptors (Lipinski definition) is 4. The van der Waals surface area contributed by atoms with Crippen LogP contribution >= 0.6 is 0 Å². The molecule has 0 N–H and O–H groups in total. The molecule has 0 saturated carbocycles. The molecule has 4 nitrogen and oxygen atoms in total. The Balaban J connectivity index is 0. The van der Waals surface area contributed by atoms with Crippen molar-refractivity contribution in [3.8, 4) is 0 Å². The van der Waals surface area contributed by atoms with E-state index in [0.29, 0.717) is 25.0 Å². The van der Waals surface area contributed by atoms with Gasteiger partial charge in [0.1, 0.15) is 0 Å². The average Bonchev–Trinajstić information content (AvgIpc) is 2.25. The minimum absolute atomic E-state index is 0.185. The van der Waals surface area contributed by atoms with Crippen LogP contribution in [-0.2, 0) is 19.1 Å². The molecule has 0 radical (unpaired) electrons. The van der Waals surface area contributed by atoms with Gasteiger partial charge in [-0.1, -0.05) is 34.1 Å². The van der Waals surface area contributed by atoms with Crippen LogP contribution in [0.1, 0.15) is 54.4 Å². The molecular formula is C14H28O4. The zero-order valence-electron chi connectivity index (χ0n) is 12.6. The third-order valence-electron chi connectivity index (χ3n) is 2.27. The summed E-state index contributed by atoms with van der Waals surface area (Å²) in [5.74, 6) is 0.740. The molecule has 0 spiro atoms. The van der Waals surface area contributed by atoms with E-state index in [1.54, 1.807) is 0 Å². The van der Waals surface area contributed by atoms with E-state index >= 15 is 0 Å². The normalized spacial score (nSPS) is 11.3. The quantitative estimate of drug-likeness (QED) is 0.688. The van der Waals surface area contributed by atoms with E-state index in [1.165, 1.54) is 13.8 Å². The minimum atomic E-state index is -0.185. The van der Waals surface area contributed by atoms with Crippen molar-refractivity contribution in [2.24, 2.45) is 11.8 Å². The smallest absolute Gasteiger partial charge is 0.302 e. The van der Waals surface area contributed by atoms with Crippen LogP contribution in [-0.4, -0.2) is 25.2 Å². The summed E-state index contributed by atoms with van der Waals surface area (Å²) in [7, 11) is 0. The van der Waals surface area contributed by atoms with Crippen LogP contribution in [0.15, 0.2) is 0 Å². The Kier molecular flexibility index (Phi) is 13.3. The molecule has 0 aliphatic heterocycles. The summed E-state index contributed by atoms with van der Waals surface area (Å²) < 4.78 is 9.47. The fraction of sp³-hybridized carbons (Fsp3) is 0.857. The number of esters is 2. The second kappa shape index (κ2) is 12.4. The molecule has 0 aromatic heterocycles. The molecule has 0 aromatic rings. The van der Waals surface area contributed by atoms with Crippen LogP contribution < -0.4 is 0 Å². The van der Waals surface area contributed by atoms with Gasteiger partial charge >= 0.3 is 11.9 Å². The highest BCUT2D eigenvalue weighted by Crippen LogP contribution is 2.00. The van der Waals surface area contributed by atoms with Crippen LogP contribution in [0.2, 0.25) is 0 Å². The van der Waals surface area contributed by atoms with Gasteiger partial charge in [-0.2, -0.15) is 0 Å². The molecule has 0 amide bonds. The van der Waals surface area contributed by atoms with Crippen LogP contribution in [0.25, 0.3) is 0 Å². The van der Waals surface area contributed by atoms with Crippen molar-refractivity contribution in [3.05, 3.63) is 0 Å². The third-order valence-corrected chi connectivity index (χ3v) is 2.27. The summed E-state index contributed by atoms with van der Waals surface area (Å²) >= 11 is 0.